The highest BCUT2D eigenvalue weighted by Crippen LogP contribution is 2.37. The van der Waals surface area contributed by atoms with Crippen molar-refractivity contribution in [1.82, 2.24) is 9.97 Å². The van der Waals surface area contributed by atoms with Crippen molar-refractivity contribution >= 4 is 0 Å². The second-order valence-corrected chi connectivity index (χ2v) is 7.46. The third-order valence-corrected chi connectivity index (χ3v) is 5.51. The van der Waals surface area contributed by atoms with Gasteiger partial charge in [-0.3, -0.25) is 0 Å². The lowest BCUT2D eigenvalue weighted by Gasteiger charge is -2.28. The van der Waals surface area contributed by atoms with Crippen molar-refractivity contribution in [3.8, 4) is 0 Å². The van der Waals surface area contributed by atoms with E-state index in [4.69, 9.17) is 0 Å². The summed E-state index contributed by atoms with van der Waals surface area (Å²) < 4.78 is 0. The van der Waals surface area contributed by atoms with Crippen LogP contribution in [0.2, 0.25) is 0 Å². The molecule has 2 nitrogen and oxygen atoms in total. The van der Waals surface area contributed by atoms with Crippen LogP contribution in [0.4, 0.5) is 0 Å². The minimum Gasteiger partial charge on any atom is -0.241 e. The van der Waals surface area contributed by atoms with E-state index in [1.54, 1.807) is 0 Å². The van der Waals surface area contributed by atoms with Gasteiger partial charge in [-0.1, -0.05) is 58.8 Å². The Balaban J connectivity index is 1.70. The van der Waals surface area contributed by atoms with Gasteiger partial charge in [-0.15, -0.1) is 0 Å². The van der Waals surface area contributed by atoms with E-state index in [-0.39, 0.29) is 0 Å². The monoisotopic (exact) mass is 316 g/mol. The summed E-state index contributed by atoms with van der Waals surface area (Å²) in [5, 5.41) is 0. The van der Waals surface area contributed by atoms with Gasteiger partial charge in [-0.05, 0) is 49.5 Å². The molecule has 2 heteroatoms. The molecular formula is C21H36N2. The van der Waals surface area contributed by atoms with Crippen LogP contribution in [0.3, 0.4) is 0 Å². The highest BCUT2D eigenvalue weighted by molar-refractivity contribution is 5.12. The van der Waals surface area contributed by atoms with Gasteiger partial charge in [0.2, 0.25) is 0 Å². The largest absolute Gasteiger partial charge is 0.241 e. The van der Waals surface area contributed by atoms with Crippen LogP contribution in [0.25, 0.3) is 0 Å². The van der Waals surface area contributed by atoms with Crippen molar-refractivity contribution in [1.29, 1.82) is 0 Å². The summed E-state index contributed by atoms with van der Waals surface area (Å²) >= 11 is 0. The van der Waals surface area contributed by atoms with E-state index in [1.165, 1.54) is 82.6 Å². The topological polar surface area (TPSA) is 25.8 Å². The lowest BCUT2D eigenvalue weighted by Crippen LogP contribution is -2.14. The molecular weight excluding hydrogens is 280 g/mol. The van der Waals surface area contributed by atoms with Gasteiger partial charge in [0.15, 0.2) is 0 Å². The van der Waals surface area contributed by atoms with E-state index >= 15 is 0 Å². The Labute approximate surface area is 143 Å². The minimum atomic E-state index is 0.714. The maximum atomic E-state index is 4.60. The van der Waals surface area contributed by atoms with Crippen LogP contribution >= 0.6 is 0 Å². The van der Waals surface area contributed by atoms with E-state index in [1.807, 2.05) is 0 Å². The molecule has 0 N–H and O–H groups in total. The fraction of sp³-hybridized carbons (Fsp3) is 0.810. The molecule has 0 amide bonds. The molecule has 1 aromatic rings. The third kappa shape index (κ3) is 6.61. The Kier molecular flexibility index (Phi) is 8.63. The van der Waals surface area contributed by atoms with E-state index in [0.717, 1.165) is 18.2 Å². The molecule has 1 fully saturated rings. The zero-order valence-electron chi connectivity index (χ0n) is 15.4. The van der Waals surface area contributed by atoms with Crippen LogP contribution in [0.1, 0.15) is 108 Å². The number of aromatic nitrogens is 2. The van der Waals surface area contributed by atoms with Crippen LogP contribution in [0.5, 0.6) is 0 Å². The first kappa shape index (κ1) is 18.4. The molecule has 2 rings (SSSR count). The quantitative estimate of drug-likeness (QED) is 0.463. The predicted molar refractivity (Wildman–Crippen MR) is 98.7 cm³/mol. The van der Waals surface area contributed by atoms with Gasteiger partial charge in [-0.2, -0.15) is 0 Å². The number of hydrogen-bond donors (Lipinski definition) is 0. The second-order valence-electron chi connectivity index (χ2n) is 7.46. The molecule has 23 heavy (non-hydrogen) atoms. The maximum absolute atomic E-state index is 4.60. The first-order valence-corrected chi connectivity index (χ1v) is 10.1. The average molecular weight is 317 g/mol. The van der Waals surface area contributed by atoms with Gasteiger partial charge in [0.05, 0.1) is 0 Å². The first-order chi connectivity index (χ1) is 11.3. The molecule has 0 saturated heterocycles. The normalized spacial score (nSPS) is 21.5. The number of rotatable bonds is 10. The van der Waals surface area contributed by atoms with Crippen LogP contribution < -0.4 is 0 Å². The smallest absolute Gasteiger partial charge is 0.128 e. The fourth-order valence-electron chi connectivity index (χ4n) is 3.88. The summed E-state index contributed by atoms with van der Waals surface area (Å²) in [4.78, 5) is 9.21. The van der Waals surface area contributed by atoms with Gasteiger partial charge in [0, 0.05) is 18.8 Å². The van der Waals surface area contributed by atoms with Crippen molar-refractivity contribution < 1.29 is 0 Å². The van der Waals surface area contributed by atoms with Gasteiger partial charge in [0.1, 0.15) is 5.82 Å². The lowest BCUT2D eigenvalue weighted by atomic mass is 9.77. The average Bonchev–Trinajstić information content (AvgIpc) is 2.60. The van der Waals surface area contributed by atoms with E-state index in [9.17, 15) is 0 Å². The molecule has 1 heterocycles. The molecule has 0 bridgehead atoms. The van der Waals surface area contributed by atoms with Gasteiger partial charge >= 0.3 is 0 Å². The predicted octanol–water partition coefficient (Wildman–Crippen LogP) is 6.45. The Bertz CT molecular complexity index is 404. The molecule has 0 atom stereocenters. The lowest BCUT2D eigenvalue weighted by molar-refractivity contribution is 0.301. The van der Waals surface area contributed by atoms with Crippen molar-refractivity contribution in [3.63, 3.8) is 0 Å². The van der Waals surface area contributed by atoms with Crippen LogP contribution in [0, 0.1) is 5.92 Å². The van der Waals surface area contributed by atoms with Gasteiger partial charge in [0.25, 0.3) is 0 Å². The molecule has 0 spiro atoms. The number of nitrogens with zero attached hydrogens (tertiary/aromatic N) is 2. The first-order valence-electron chi connectivity index (χ1n) is 10.1. The standard InChI is InChI=1S/C21H36N2/c1-3-5-7-9-10-18-12-14-19(15-13-18)20-16-22-21(23-17-20)11-8-6-4-2/h16-19H,3-15H2,1-2H3/t18-,19-. The zero-order valence-corrected chi connectivity index (χ0v) is 15.4. The molecule has 1 saturated carbocycles. The highest BCUT2D eigenvalue weighted by atomic mass is 14.9. The Morgan fingerprint density at radius 2 is 1.48 bits per heavy atom. The Morgan fingerprint density at radius 3 is 2.13 bits per heavy atom. The molecule has 0 aromatic carbocycles. The zero-order chi connectivity index (χ0) is 16.3. The van der Waals surface area contributed by atoms with Crippen LogP contribution in [0.15, 0.2) is 12.4 Å². The van der Waals surface area contributed by atoms with E-state index in [0.29, 0.717) is 5.92 Å². The summed E-state index contributed by atoms with van der Waals surface area (Å²) in [6.07, 6.45) is 21.6. The van der Waals surface area contributed by atoms with Crippen molar-refractivity contribution in [3.05, 3.63) is 23.8 Å². The molecule has 1 aromatic heterocycles. The molecule has 1 aliphatic carbocycles. The van der Waals surface area contributed by atoms with Crippen LogP contribution in [-0.4, -0.2) is 9.97 Å². The molecule has 130 valence electrons. The van der Waals surface area contributed by atoms with Crippen LogP contribution in [-0.2, 0) is 6.42 Å². The minimum absolute atomic E-state index is 0.714. The molecule has 0 aliphatic heterocycles. The number of aryl methyl sites for hydroxylation is 1. The SMILES string of the molecule is CCCCCC[C@H]1CC[C@H](c2cnc(CCCCC)nc2)CC1. The van der Waals surface area contributed by atoms with Crippen molar-refractivity contribution in [2.75, 3.05) is 0 Å². The Hall–Kier alpha value is -0.920. The van der Waals surface area contributed by atoms with Gasteiger partial charge < -0.3 is 0 Å². The fourth-order valence-corrected chi connectivity index (χ4v) is 3.88. The van der Waals surface area contributed by atoms with Gasteiger partial charge in [-0.25, -0.2) is 9.97 Å². The third-order valence-electron chi connectivity index (χ3n) is 5.51. The summed E-state index contributed by atoms with van der Waals surface area (Å²) in [6.45, 7) is 4.53. The number of hydrogen-bond acceptors (Lipinski definition) is 2. The van der Waals surface area contributed by atoms with Crippen molar-refractivity contribution in [2.24, 2.45) is 5.92 Å². The highest BCUT2D eigenvalue weighted by Gasteiger charge is 2.22. The van der Waals surface area contributed by atoms with E-state index < -0.39 is 0 Å². The summed E-state index contributed by atoms with van der Waals surface area (Å²) in [6, 6.07) is 0. The second kappa shape index (κ2) is 10.8. The number of unbranched alkanes of at least 4 members (excludes halogenated alkanes) is 5. The van der Waals surface area contributed by atoms with E-state index in [2.05, 4.69) is 36.2 Å². The summed E-state index contributed by atoms with van der Waals surface area (Å²) in [5.41, 5.74) is 1.38. The Morgan fingerprint density at radius 1 is 0.826 bits per heavy atom. The molecule has 1 aliphatic rings. The van der Waals surface area contributed by atoms with Crippen molar-refractivity contribution in [2.45, 2.75) is 103 Å². The molecule has 0 unspecified atom stereocenters. The summed E-state index contributed by atoms with van der Waals surface area (Å²) in [5.74, 6) is 2.73. The molecule has 0 radical (unpaired) electrons. The summed E-state index contributed by atoms with van der Waals surface area (Å²) in [7, 11) is 0. The maximum Gasteiger partial charge on any atom is 0.128 e.